The molecule has 0 saturated heterocycles. The van der Waals surface area contributed by atoms with Gasteiger partial charge in [0.05, 0.1) is 16.0 Å². The van der Waals surface area contributed by atoms with E-state index in [1.807, 2.05) is 26.0 Å². The molecule has 0 saturated carbocycles. The molecular formula is C26H25FN4O4S. The van der Waals surface area contributed by atoms with Gasteiger partial charge in [0.15, 0.2) is 0 Å². The van der Waals surface area contributed by atoms with Gasteiger partial charge in [-0.3, -0.25) is 19.0 Å². The van der Waals surface area contributed by atoms with Gasteiger partial charge in [-0.25, -0.2) is 13.8 Å². The second-order valence-electron chi connectivity index (χ2n) is 8.79. The van der Waals surface area contributed by atoms with Crippen LogP contribution in [0.15, 0.2) is 52.1 Å². The fourth-order valence-electron chi connectivity index (χ4n) is 4.00. The molecule has 1 N–H and O–H groups in total. The smallest absolute Gasteiger partial charge is 0.337 e. The minimum atomic E-state index is -0.764. The molecule has 0 aliphatic carbocycles. The largest absolute Gasteiger partial charge is 0.344 e. The van der Waals surface area contributed by atoms with Gasteiger partial charge in [0.1, 0.15) is 17.2 Å². The van der Waals surface area contributed by atoms with Crippen LogP contribution in [-0.2, 0) is 11.3 Å². The van der Waals surface area contributed by atoms with Gasteiger partial charge in [0, 0.05) is 19.8 Å². The van der Waals surface area contributed by atoms with E-state index in [1.165, 1.54) is 21.6 Å². The molecule has 0 aliphatic heterocycles. The molecule has 0 spiro atoms. The Labute approximate surface area is 210 Å². The summed E-state index contributed by atoms with van der Waals surface area (Å²) in [5.74, 6) is -1.31. The summed E-state index contributed by atoms with van der Waals surface area (Å²) >= 11 is 0.993. The Morgan fingerprint density at radius 1 is 1.03 bits per heavy atom. The molecule has 4 aromatic rings. The molecule has 0 radical (unpaired) electrons. The van der Waals surface area contributed by atoms with Gasteiger partial charge >= 0.3 is 5.69 Å². The van der Waals surface area contributed by atoms with E-state index in [0.717, 1.165) is 39.2 Å². The van der Waals surface area contributed by atoms with Crippen LogP contribution in [0.4, 0.5) is 10.1 Å². The average Bonchev–Trinajstić information content (AvgIpc) is 3.16. The van der Waals surface area contributed by atoms with Crippen molar-refractivity contribution in [1.29, 1.82) is 0 Å². The second-order valence-corrected chi connectivity index (χ2v) is 9.79. The van der Waals surface area contributed by atoms with Crippen LogP contribution >= 0.6 is 11.3 Å². The number of halogens is 1. The summed E-state index contributed by atoms with van der Waals surface area (Å²) in [7, 11) is 3.18. The summed E-state index contributed by atoms with van der Waals surface area (Å²) in [6, 6.07) is 10.5. The Morgan fingerprint density at radius 2 is 1.69 bits per heavy atom. The Morgan fingerprint density at radius 3 is 2.31 bits per heavy atom. The highest BCUT2D eigenvalue weighted by atomic mass is 32.1. The summed E-state index contributed by atoms with van der Waals surface area (Å²) in [5, 5.41) is 2.98. The number of rotatable bonds is 5. The van der Waals surface area contributed by atoms with Gasteiger partial charge in [0.2, 0.25) is 5.91 Å². The lowest BCUT2D eigenvalue weighted by Gasteiger charge is -2.13. The number of carbonyl (C=O) groups is 2. The van der Waals surface area contributed by atoms with Crippen LogP contribution in [0, 0.1) is 26.6 Å². The number of anilines is 1. The fourth-order valence-corrected chi connectivity index (χ4v) is 5.31. The van der Waals surface area contributed by atoms with E-state index in [0.29, 0.717) is 16.1 Å². The Balaban J connectivity index is 1.92. The third-order valence-corrected chi connectivity index (χ3v) is 7.16. The van der Waals surface area contributed by atoms with E-state index >= 15 is 0 Å². The second kappa shape index (κ2) is 9.54. The van der Waals surface area contributed by atoms with Crippen molar-refractivity contribution in [3.05, 3.63) is 90.7 Å². The maximum Gasteiger partial charge on any atom is 0.337 e. The first-order valence-electron chi connectivity index (χ1n) is 11.1. The van der Waals surface area contributed by atoms with Crippen LogP contribution in [0.5, 0.6) is 0 Å². The first-order valence-corrected chi connectivity index (χ1v) is 11.9. The average molecular weight is 509 g/mol. The fraction of sp³-hybridized carbons (Fsp3) is 0.231. The van der Waals surface area contributed by atoms with Crippen molar-refractivity contribution in [2.45, 2.75) is 27.3 Å². The van der Waals surface area contributed by atoms with Crippen LogP contribution in [0.1, 0.15) is 26.4 Å². The molecule has 8 nitrogen and oxygen atoms in total. The number of aryl methyl sites for hydroxylation is 3. The summed E-state index contributed by atoms with van der Waals surface area (Å²) in [6.45, 7) is 5.05. The Hall–Kier alpha value is -4.05. The predicted octanol–water partition coefficient (Wildman–Crippen LogP) is 3.62. The lowest BCUT2D eigenvalue weighted by molar-refractivity contribution is -0.116. The van der Waals surface area contributed by atoms with E-state index in [1.54, 1.807) is 27.1 Å². The van der Waals surface area contributed by atoms with Crippen molar-refractivity contribution < 1.29 is 14.0 Å². The van der Waals surface area contributed by atoms with Crippen molar-refractivity contribution in [3.8, 4) is 5.69 Å². The van der Waals surface area contributed by atoms with Crippen molar-refractivity contribution in [2.24, 2.45) is 0 Å². The quantitative estimate of drug-likeness (QED) is 0.446. The molecular weight excluding hydrogens is 483 g/mol. The van der Waals surface area contributed by atoms with Crippen LogP contribution in [0.3, 0.4) is 0 Å². The third kappa shape index (κ3) is 4.47. The first kappa shape index (κ1) is 25.1. The minimum absolute atomic E-state index is 0.155. The zero-order valence-corrected chi connectivity index (χ0v) is 21.3. The molecule has 2 aromatic heterocycles. The van der Waals surface area contributed by atoms with Gasteiger partial charge in [-0.2, -0.15) is 0 Å². The van der Waals surface area contributed by atoms with Crippen LogP contribution in [0.2, 0.25) is 0 Å². The lowest BCUT2D eigenvalue weighted by atomic mass is 10.1. The molecule has 0 bridgehead atoms. The highest BCUT2D eigenvalue weighted by Gasteiger charge is 2.25. The van der Waals surface area contributed by atoms with Crippen molar-refractivity contribution >= 4 is 39.1 Å². The third-order valence-electron chi connectivity index (χ3n) is 5.86. The van der Waals surface area contributed by atoms with E-state index in [2.05, 4.69) is 5.32 Å². The van der Waals surface area contributed by atoms with Gasteiger partial charge in [-0.05, 0) is 62.2 Å². The van der Waals surface area contributed by atoms with Crippen LogP contribution < -0.4 is 16.6 Å². The first-order chi connectivity index (χ1) is 17.0. The van der Waals surface area contributed by atoms with Gasteiger partial charge in [-0.15, -0.1) is 11.3 Å². The number of nitrogens with zero attached hydrogens (tertiary/aromatic N) is 3. The molecule has 4 rings (SSSR count). The zero-order valence-electron chi connectivity index (χ0n) is 20.5. The molecule has 0 fully saturated rings. The SMILES string of the molecule is Cc1ccc(NC(=O)Cn2c(=O)n(-c3ccc(F)cc3)c(=O)c3c(C)c(C(=O)N(C)C)sc32)c(C)c1. The van der Waals surface area contributed by atoms with Gasteiger partial charge in [0.25, 0.3) is 11.5 Å². The van der Waals surface area contributed by atoms with Crippen molar-refractivity contribution in [2.75, 3.05) is 19.4 Å². The maximum atomic E-state index is 13.6. The van der Waals surface area contributed by atoms with E-state index in [9.17, 15) is 23.6 Å². The Kier molecular flexibility index (Phi) is 6.64. The van der Waals surface area contributed by atoms with Gasteiger partial charge in [-0.1, -0.05) is 17.7 Å². The molecule has 0 aliphatic rings. The molecule has 10 heteroatoms. The summed E-state index contributed by atoms with van der Waals surface area (Å²) in [6.07, 6.45) is 0. The number of carbonyl (C=O) groups excluding carboxylic acids is 2. The molecule has 36 heavy (non-hydrogen) atoms. The van der Waals surface area contributed by atoms with Gasteiger partial charge < -0.3 is 10.2 Å². The Bertz CT molecular complexity index is 1630. The van der Waals surface area contributed by atoms with E-state index in [-0.39, 0.29) is 28.4 Å². The molecule has 2 heterocycles. The lowest BCUT2D eigenvalue weighted by Crippen LogP contribution is -2.40. The number of aromatic nitrogens is 2. The van der Waals surface area contributed by atoms with Crippen molar-refractivity contribution in [1.82, 2.24) is 14.0 Å². The number of hydrogen-bond donors (Lipinski definition) is 1. The number of hydrogen-bond acceptors (Lipinski definition) is 5. The van der Waals surface area contributed by atoms with Crippen LogP contribution in [-0.4, -0.2) is 39.9 Å². The predicted molar refractivity (Wildman–Crippen MR) is 139 cm³/mol. The number of nitrogens with one attached hydrogen (secondary N) is 1. The molecule has 186 valence electrons. The summed E-state index contributed by atoms with van der Waals surface area (Å²) in [4.78, 5) is 54.8. The van der Waals surface area contributed by atoms with E-state index < -0.39 is 23.0 Å². The zero-order chi connectivity index (χ0) is 26.3. The molecule has 2 aromatic carbocycles. The summed E-state index contributed by atoms with van der Waals surface area (Å²) in [5.41, 5.74) is 1.68. The highest BCUT2D eigenvalue weighted by Crippen LogP contribution is 2.29. The maximum absolute atomic E-state index is 13.6. The normalized spacial score (nSPS) is 11.1. The van der Waals surface area contributed by atoms with Crippen LogP contribution in [0.25, 0.3) is 15.9 Å². The van der Waals surface area contributed by atoms with E-state index in [4.69, 9.17) is 0 Å². The molecule has 2 amide bonds. The standard InChI is InChI=1S/C26H25FN4O4S/c1-14-6-11-19(15(2)12-14)28-20(32)13-30-25-21(16(3)22(36-25)24(34)29(4)5)23(33)31(26(30)35)18-9-7-17(27)8-10-18/h6-12H,13H2,1-5H3,(H,28,32). The number of thiophene rings is 1. The highest BCUT2D eigenvalue weighted by molar-refractivity contribution is 7.20. The minimum Gasteiger partial charge on any atom is -0.344 e. The molecule has 0 unspecified atom stereocenters. The van der Waals surface area contributed by atoms with Crippen molar-refractivity contribution in [3.63, 3.8) is 0 Å². The monoisotopic (exact) mass is 508 g/mol. The summed E-state index contributed by atoms with van der Waals surface area (Å²) < 4.78 is 15.6. The number of fused-ring (bicyclic) bond motifs is 1. The molecule has 0 atom stereocenters. The topological polar surface area (TPSA) is 93.4 Å². The number of amides is 2. The number of benzene rings is 2.